The minimum Gasteiger partial charge on any atom is -0.488 e. The SMILES string of the molecule is CCN1C(=O)/C(=C\c2ccc(OCc3ccc([N+](=O)[O-])cc3)c(I)c2)SC1=Nc1ccc(F)cc1. The monoisotopic (exact) mass is 603 g/mol. The first-order chi connectivity index (χ1) is 16.8. The molecule has 1 saturated heterocycles. The lowest BCUT2D eigenvalue weighted by Crippen LogP contribution is -2.28. The normalized spacial score (nSPS) is 15.7. The Morgan fingerprint density at radius 3 is 2.49 bits per heavy atom. The summed E-state index contributed by atoms with van der Waals surface area (Å²) in [5, 5.41) is 11.3. The van der Waals surface area contributed by atoms with Crippen LogP contribution in [0.2, 0.25) is 0 Å². The number of nitro benzene ring substituents is 1. The topological polar surface area (TPSA) is 85.0 Å². The summed E-state index contributed by atoms with van der Waals surface area (Å²) in [5.41, 5.74) is 2.27. The van der Waals surface area contributed by atoms with Crippen molar-refractivity contribution in [3.8, 4) is 5.75 Å². The Balaban J connectivity index is 1.48. The fourth-order valence-electron chi connectivity index (χ4n) is 3.25. The summed E-state index contributed by atoms with van der Waals surface area (Å²) >= 11 is 3.45. The maximum absolute atomic E-state index is 13.2. The summed E-state index contributed by atoms with van der Waals surface area (Å²) in [4.78, 5) is 29.9. The van der Waals surface area contributed by atoms with E-state index in [-0.39, 0.29) is 24.0 Å². The lowest BCUT2D eigenvalue weighted by Gasteiger charge is -2.12. The van der Waals surface area contributed by atoms with Crippen LogP contribution < -0.4 is 4.74 Å². The summed E-state index contributed by atoms with van der Waals surface area (Å²) < 4.78 is 19.9. The molecule has 4 rings (SSSR count). The Morgan fingerprint density at radius 2 is 1.86 bits per heavy atom. The largest absolute Gasteiger partial charge is 0.488 e. The molecule has 10 heteroatoms. The highest BCUT2D eigenvalue weighted by molar-refractivity contribution is 14.1. The zero-order chi connectivity index (χ0) is 24.9. The van der Waals surface area contributed by atoms with E-state index < -0.39 is 4.92 Å². The van der Waals surface area contributed by atoms with E-state index in [0.29, 0.717) is 28.1 Å². The van der Waals surface area contributed by atoms with Crippen LogP contribution in [0.1, 0.15) is 18.1 Å². The Kier molecular flexibility index (Phi) is 7.81. The van der Waals surface area contributed by atoms with E-state index in [1.807, 2.05) is 31.2 Å². The number of likely N-dealkylation sites (N-methyl/N-ethyl adjacent to an activating group) is 1. The van der Waals surface area contributed by atoms with Gasteiger partial charge in [0, 0.05) is 18.7 Å². The van der Waals surface area contributed by atoms with E-state index in [2.05, 4.69) is 27.6 Å². The number of nitrogens with zero attached hydrogens (tertiary/aromatic N) is 3. The number of amidine groups is 1. The van der Waals surface area contributed by atoms with Crippen LogP contribution in [-0.2, 0) is 11.4 Å². The van der Waals surface area contributed by atoms with Gasteiger partial charge in [-0.1, -0.05) is 6.07 Å². The standard InChI is InChI=1S/C25H19FIN3O4S/c1-2-29-24(31)23(35-25(29)28-19-8-6-18(26)7-9-19)14-17-5-12-22(21(27)13-17)34-15-16-3-10-20(11-4-16)30(32)33/h3-14H,2,15H2,1H3/b23-14+,28-25?. The molecule has 0 radical (unpaired) electrons. The minimum atomic E-state index is -0.439. The van der Waals surface area contributed by atoms with E-state index in [9.17, 15) is 19.3 Å². The zero-order valence-electron chi connectivity index (χ0n) is 18.5. The molecule has 0 bridgehead atoms. The van der Waals surface area contributed by atoms with Crippen LogP contribution >= 0.6 is 34.4 Å². The summed E-state index contributed by atoms with van der Waals surface area (Å²) in [7, 11) is 0. The smallest absolute Gasteiger partial charge is 0.269 e. The van der Waals surface area contributed by atoms with Gasteiger partial charge in [0.25, 0.3) is 11.6 Å². The number of ether oxygens (including phenoxy) is 1. The van der Waals surface area contributed by atoms with Crippen molar-refractivity contribution in [3.05, 3.63) is 102 Å². The van der Waals surface area contributed by atoms with Gasteiger partial charge in [-0.05, 0) is 107 Å². The van der Waals surface area contributed by atoms with Gasteiger partial charge in [-0.3, -0.25) is 19.8 Å². The van der Waals surface area contributed by atoms with Crippen molar-refractivity contribution in [2.45, 2.75) is 13.5 Å². The van der Waals surface area contributed by atoms with E-state index >= 15 is 0 Å². The summed E-state index contributed by atoms with van der Waals surface area (Å²) in [5.74, 6) is 0.198. The van der Waals surface area contributed by atoms with Crippen LogP contribution in [0.5, 0.6) is 5.75 Å². The van der Waals surface area contributed by atoms with E-state index in [4.69, 9.17) is 4.74 Å². The summed E-state index contributed by atoms with van der Waals surface area (Å²) in [6.07, 6.45) is 1.81. The number of aliphatic imine (C=N–C) groups is 1. The highest BCUT2D eigenvalue weighted by Gasteiger charge is 2.32. The fourth-order valence-corrected chi connectivity index (χ4v) is 5.00. The molecule has 35 heavy (non-hydrogen) atoms. The van der Waals surface area contributed by atoms with E-state index in [0.717, 1.165) is 14.7 Å². The molecule has 0 spiro atoms. The number of nitro groups is 1. The molecule has 1 aliphatic heterocycles. The van der Waals surface area contributed by atoms with Gasteiger partial charge in [0.1, 0.15) is 18.2 Å². The number of hydrogen-bond acceptors (Lipinski definition) is 6. The number of benzene rings is 3. The second-order valence-corrected chi connectivity index (χ2v) is 9.60. The maximum atomic E-state index is 13.2. The van der Waals surface area contributed by atoms with Crippen LogP contribution in [0.3, 0.4) is 0 Å². The molecule has 3 aromatic carbocycles. The van der Waals surface area contributed by atoms with Crippen molar-refractivity contribution >= 4 is 62.9 Å². The molecule has 1 amide bonds. The quantitative estimate of drug-likeness (QED) is 0.133. The molecule has 0 unspecified atom stereocenters. The van der Waals surface area contributed by atoms with Crippen molar-refractivity contribution in [1.29, 1.82) is 0 Å². The van der Waals surface area contributed by atoms with Crippen molar-refractivity contribution in [2.75, 3.05) is 6.54 Å². The predicted molar refractivity (Wildman–Crippen MR) is 143 cm³/mol. The number of thioether (sulfide) groups is 1. The molecule has 0 aliphatic carbocycles. The van der Waals surface area contributed by atoms with Gasteiger partial charge in [-0.15, -0.1) is 0 Å². The fraction of sp³-hybridized carbons (Fsp3) is 0.120. The first kappa shape index (κ1) is 24.9. The third-order valence-corrected chi connectivity index (χ3v) is 6.90. The Morgan fingerprint density at radius 1 is 1.14 bits per heavy atom. The molecule has 178 valence electrons. The molecular weight excluding hydrogens is 584 g/mol. The van der Waals surface area contributed by atoms with E-state index in [1.165, 1.54) is 36.0 Å². The molecule has 0 saturated carbocycles. The number of carbonyl (C=O) groups is 1. The van der Waals surface area contributed by atoms with Crippen LogP contribution in [0.25, 0.3) is 6.08 Å². The molecule has 0 atom stereocenters. The second kappa shape index (κ2) is 11.0. The highest BCUT2D eigenvalue weighted by atomic mass is 127. The zero-order valence-corrected chi connectivity index (χ0v) is 21.5. The number of rotatable bonds is 7. The Bertz CT molecular complexity index is 1330. The van der Waals surface area contributed by atoms with Gasteiger partial charge >= 0.3 is 0 Å². The van der Waals surface area contributed by atoms with Gasteiger partial charge in [0.15, 0.2) is 5.17 Å². The second-order valence-electron chi connectivity index (χ2n) is 7.43. The molecule has 3 aromatic rings. The van der Waals surface area contributed by atoms with Gasteiger partial charge in [0.05, 0.1) is 19.1 Å². The molecule has 1 aliphatic rings. The molecule has 7 nitrogen and oxygen atoms in total. The highest BCUT2D eigenvalue weighted by Crippen LogP contribution is 2.35. The molecule has 1 heterocycles. The van der Waals surface area contributed by atoms with Crippen LogP contribution in [0.15, 0.2) is 76.6 Å². The average molecular weight is 603 g/mol. The summed E-state index contributed by atoms with van der Waals surface area (Å²) in [6.45, 7) is 2.62. The van der Waals surface area contributed by atoms with Crippen molar-refractivity contribution in [1.82, 2.24) is 4.90 Å². The van der Waals surface area contributed by atoms with Crippen molar-refractivity contribution in [2.24, 2.45) is 4.99 Å². The van der Waals surface area contributed by atoms with Gasteiger partial charge < -0.3 is 4.74 Å². The third kappa shape index (κ3) is 6.06. The molecule has 0 N–H and O–H groups in total. The maximum Gasteiger partial charge on any atom is 0.269 e. The minimum absolute atomic E-state index is 0.0348. The van der Waals surface area contributed by atoms with Crippen LogP contribution in [-0.4, -0.2) is 27.4 Å². The Labute approximate surface area is 219 Å². The lowest BCUT2D eigenvalue weighted by atomic mass is 10.2. The van der Waals surface area contributed by atoms with Crippen molar-refractivity contribution < 1.29 is 18.8 Å². The number of amides is 1. The summed E-state index contributed by atoms with van der Waals surface area (Å²) in [6, 6.07) is 17.6. The number of carbonyl (C=O) groups excluding carboxylic acids is 1. The first-order valence-corrected chi connectivity index (χ1v) is 12.4. The predicted octanol–water partition coefficient (Wildman–Crippen LogP) is 6.54. The molecule has 1 fully saturated rings. The third-order valence-electron chi connectivity index (χ3n) is 5.05. The van der Waals surface area contributed by atoms with Crippen LogP contribution in [0.4, 0.5) is 15.8 Å². The number of halogens is 2. The van der Waals surface area contributed by atoms with Gasteiger partial charge in [-0.25, -0.2) is 9.38 Å². The van der Waals surface area contributed by atoms with Crippen LogP contribution in [0, 0.1) is 19.5 Å². The first-order valence-electron chi connectivity index (χ1n) is 10.6. The van der Waals surface area contributed by atoms with Gasteiger partial charge in [0.2, 0.25) is 0 Å². The van der Waals surface area contributed by atoms with Crippen molar-refractivity contribution in [3.63, 3.8) is 0 Å². The molecule has 0 aromatic heterocycles. The lowest BCUT2D eigenvalue weighted by molar-refractivity contribution is -0.384. The van der Waals surface area contributed by atoms with Gasteiger partial charge in [-0.2, -0.15) is 0 Å². The Hall–Kier alpha value is -3.25. The number of non-ortho nitro benzene ring substituents is 1. The molecular formula is C25H19FIN3O4S. The van der Waals surface area contributed by atoms with E-state index in [1.54, 1.807) is 29.2 Å². The average Bonchev–Trinajstić information content (AvgIpc) is 3.13. The number of hydrogen-bond donors (Lipinski definition) is 0.